The van der Waals surface area contributed by atoms with Crippen LogP contribution >= 0.6 is 23.4 Å². The van der Waals surface area contributed by atoms with Gasteiger partial charge in [-0.05, 0) is 50.1 Å². The molecule has 0 unspecified atom stereocenters. The SMILES string of the molecule is Cc1ccc(CNC(=O)[C@H](C)Sc2ccc(=O)n(-c3ccc(C)c(Cl)c3)n2)cc1. The van der Waals surface area contributed by atoms with Gasteiger partial charge < -0.3 is 5.32 Å². The molecule has 0 fully saturated rings. The molecule has 3 rings (SSSR count). The van der Waals surface area contributed by atoms with Crippen LogP contribution in [0, 0.1) is 13.8 Å². The van der Waals surface area contributed by atoms with Crippen molar-refractivity contribution in [3.05, 3.63) is 86.7 Å². The van der Waals surface area contributed by atoms with Gasteiger partial charge in [0.1, 0.15) is 5.03 Å². The number of hydrogen-bond donors (Lipinski definition) is 1. The average Bonchev–Trinajstić information content (AvgIpc) is 2.71. The van der Waals surface area contributed by atoms with E-state index in [1.54, 1.807) is 18.2 Å². The zero-order chi connectivity index (χ0) is 21.0. The van der Waals surface area contributed by atoms with Crippen LogP contribution < -0.4 is 10.9 Å². The fourth-order valence-corrected chi connectivity index (χ4v) is 3.63. The first kappa shape index (κ1) is 21.1. The van der Waals surface area contributed by atoms with Gasteiger partial charge in [-0.2, -0.15) is 9.78 Å². The van der Waals surface area contributed by atoms with Crippen LogP contribution in [0.4, 0.5) is 0 Å². The molecule has 0 radical (unpaired) electrons. The van der Waals surface area contributed by atoms with E-state index < -0.39 is 0 Å². The van der Waals surface area contributed by atoms with E-state index in [0.29, 0.717) is 22.3 Å². The summed E-state index contributed by atoms with van der Waals surface area (Å²) < 4.78 is 1.30. The molecule has 1 aromatic heterocycles. The summed E-state index contributed by atoms with van der Waals surface area (Å²) in [7, 11) is 0. The molecule has 1 heterocycles. The number of halogens is 1. The van der Waals surface area contributed by atoms with E-state index in [1.165, 1.54) is 28.1 Å². The van der Waals surface area contributed by atoms with Crippen LogP contribution in [0.15, 0.2) is 64.4 Å². The Balaban J connectivity index is 1.69. The normalized spacial score (nSPS) is 11.9. The molecule has 0 bridgehead atoms. The van der Waals surface area contributed by atoms with Crippen molar-refractivity contribution in [2.75, 3.05) is 0 Å². The second-order valence-corrected chi connectivity index (χ2v) is 8.59. The second-order valence-electron chi connectivity index (χ2n) is 6.82. The van der Waals surface area contributed by atoms with Gasteiger partial charge in [0.2, 0.25) is 5.91 Å². The number of thioether (sulfide) groups is 1. The zero-order valence-corrected chi connectivity index (χ0v) is 18.1. The molecule has 3 aromatic rings. The average molecular weight is 428 g/mol. The van der Waals surface area contributed by atoms with Crippen molar-refractivity contribution in [1.82, 2.24) is 15.1 Å². The quantitative estimate of drug-likeness (QED) is 0.595. The predicted octanol–water partition coefficient (Wildman–Crippen LogP) is 4.30. The van der Waals surface area contributed by atoms with Crippen LogP contribution in [0.5, 0.6) is 0 Å². The molecular weight excluding hydrogens is 406 g/mol. The van der Waals surface area contributed by atoms with E-state index in [4.69, 9.17) is 11.6 Å². The number of nitrogens with zero attached hydrogens (tertiary/aromatic N) is 2. The molecule has 0 spiro atoms. The van der Waals surface area contributed by atoms with E-state index >= 15 is 0 Å². The van der Waals surface area contributed by atoms with Crippen molar-refractivity contribution in [2.45, 2.75) is 37.6 Å². The Morgan fingerprint density at radius 3 is 2.55 bits per heavy atom. The molecule has 1 atom stereocenters. The Labute approximate surface area is 179 Å². The number of rotatable bonds is 6. The van der Waals surface area contributed by atoms with Crippen molar-refractivity contribution >= 4 is 29.3 Å². The fourth-order valence-electron chi connectivity index (χ4n) is 2.63. The van der Waals surface area contributed by atoms with Gasteiger partial charge in [-0.1, -0.05) is 59.3 Å². The molecule has 150 valence electrons. The highest BCUT2D eigenvalue weighted by Crippen LogP contribution is 2.22. The zero-order valence-electron chi connectivity index (χ0n) is 16.5. The van der Waals surface area contributed by atoms with Gasteiger partial charge in [-0.25, -0.2) is 0 Å². The molecule has 29 heavy (non-hydrogen) atoms. The lowest BCUT2D eigenvalue weighted by atomic mass is 10.1. The van der Waals surface area contributed by atoms with Gasteiger partial charge in [-0.15, -0.1) is 0 Å². The Kier molecular flexibility index (Phi) is 6.77. The summed E-state index contributed by atoms with van der Waals surface area (Å²) in [5.41, 5.74) is 3.48. The highest BCUT2D eigenvalue weighted by molar-refractivity contribution is 8.00. The van der Waals surface area contributed by atoms with Gasteiger partial charge in [0.05, 0.1) is 10.9 Å². The largest absolute Gasteiger partial charge is 0.351 e. The highest BCUT2D eigenvalue weighted by atomic mass is 35.5. The lowest BCUT2D eigenvalue weighted by Gasteiger charge is -2.13. The third-order valence-electron chi connectivity index (χ3n) is 4.43. The minimum atomic E-state index is -0.361. The summed E-state index contributed by atoms with van der Waals surface area (Å²) in [5.74, 6) is -0.0893. The lowest BCUT2D eigenvalue weighted by Crippen LogP contribution is -2.30. The first-order valence-electron chi connectivity index (χ1n) is 9.20. The number of hydrogen-bond acceptors (Lipinski definition) is 4. The number of benzene rings is 2. The summed E-state index contributed by atoms with van der Waals surface area (Å²) in [4.78, 5) is 24.7. The smallest absolute Gasteiger partial charge is 0.271 e. The molecule has 5 nitrogen and oxygen atoms in total. The minimum absolute atomic E-state index is 0.0893. The maximum Gasteiger partial charge on any atom is 0.271 e. The third-order valence-corrected chi connectivity index (χ3v) is 5.86. The van der Waals surface area contributed by atoms with E-state index in [0.717, 1.165) is 11.1 Å². The Hall–Kier alpha value is -2.57. The van der Waals surface area contributed by atoms with E-state index in [9.17, 15) is 9.59 Å². The van der Waals surface area contributed by atoms with Crippen LogP contribution in [0.3, 0.4) is 0 Å². The number of aromatic nitrogens is 2. The van der Waals surface area contributed by atoms with E-state index in [-0.39, 0.29) is 16.7 Å². The molecule has 0 aliphatic rings. The van der Waals surface area contributed by atoms with E-state index in [1.807, 2.05) is 51.1 Å². The van der Waals surface area contributed by atoms with Crippen LogP contribution in [0.25, 0.3) is 5.69 Å². The first-order valence-corrected chi connectivity index (χ1v) is 10.5. The van der Waals surface area contributed by atoms with Gasteiger partial charge >= 0.3 is 0 Å². The van der Waals surface area contributed by atoms with Crippen LogP contribution in [0.2, 0.25) is 5.02 Å². The molecular formula is C22H22ClN3O2S. The molecule has 7 heteroatoms. The summed E-state index contributed by atoms with van der Waals surface area (Å²) >= 11 is 7.47. The fraction of sp³-hybridized carbons (Fsp3) is 0.227. The lowest BCUT2D eigenvalue weighted by molar-refractivity contribution is -0.120. The Bertz CT molecular complexity index is 1080. The summed E-state index contributed by atoms with van der Waals surface area (Å²) in [6.45, 7) is 6.21. The first-order chi connectivity index (χ1) is 13.8. The molecule has 2 aromatic carbocycles. The number of nitrogens with one attached hydrogen (secondary N) is 1. The second kappa shape index (κ2) is 9.29. The van der Waals surface area contributed by atoms with E-state index in [2.05, 4.69) is 10.4 Å². The maximum atomic E-state index is 12.4. The van der Waals surface area contributed by atoms with Crippen molar-refractivity contribution in [1.29, 1.82) is 0 Å². The maximum absolute atomic E-state index is 12.4. The summed E-state index contributed by atoms with van der Waals surface area (Å²) in [5, 5.41) is 8.12. The van der Waals surface area contributed by atoms with Gasteiger partial charge in [0.25, 0.3) is 5.56 Å². The standard InChI is InChI=1S/C22H22ClN3O2S/c1-14-4-7-17(8-5-14)13-24-22(28)16(3)29-20-10-11-21(27)26(25-20)18-9-6-15(2)19(23)12-18/h4-12,16H,13H2,1-3H3,(H,24,28)/t16-/m0/s1. The number of carbonyl (C=O) groups excluding carboxylic acids is 1. The van der Waals surface area contributed by atoms with Crippen molar-refractivity contribution in [3.63, 3.8) is 0 Å². The highest BCUT2D eigenvalue weighted by Gasteiger charge is 2.16. The Morgan fingerprint density at radius 2 is 1.86 bits per heavy atom. The third kappa shape index (κ3) is 5.49. The van der Waals surface area contributed by atoms with Crippen LogP contribution in [-0.2, 0) is 11.3 Å². The number of amides is 1. The molecule has 0 saturated heterocycles. The molecule has 1 N–H and O–H groups in total. The van der Waals surface area contributed by atoms with Gasteiger partial charge in [0.15, 0.2) is 0 Å². The number of aryl methyl sites for hydroxylation is 2. The van der Waals surface area contributed by atoms with Crippen molar-refractivity contribution in [2.24, 2.45) is 0 Å². The molecule has 0 saturated carbocycles. The molecule has 0 aliphatic carbocycles. The minimum Gasteiger partial charge on any atom is -0.351 e. The molecule has 0 aliphatic heterocycles. The van der Waals surface area contributed by atoms with Crippen LogP contribution in [-0.4, -0.2) is 20.9 Å². The molecule has 1 amide bonds. The van der Waals surface area contributed by atoms with Gasteiger partial charge in [-0.3, -0.25) is 9.59 Å². The topological polar surface area (TPSA) is 64.0 Å². The monoisotopic (exact) mass is 427 g/mol. The van der Waals surface area contributed by atoms with Gasteiger partial charge in [0, 0.05) is 17.6 Å². The summed E-state index contributed by atoms with van der Waals surface area (Å²) in [6.07, 6.45) is 0. The number of carbonyl (C=O) groups is 1. The van der Waals surface area contributed by atoms with Crippen molar-refractivity contribution < 1.29 is 4.79 Å². The summed E-state index contributed by atoms with van der Waals surface area (Å²) in [6, 6.07) is 16.4. The Morgan fingerprint density at radius 1 is 1.14 bits per heavy atom. The van der Waals surface area contributed by atoms with Crippen molar-refractivity contribution in [3.8, 4) is 5.69 Å². The predicted molar refractivity (Wildman–Crippen MR) is 118 cm³/mol. The van der Waals surface area contributed by atoms with Crippen LogP contribution in [0.1, 0.15) is 23.6 Å².